The second-order valence-corrected chi connectivity index (χ2v) is 6.16. The van der Waals surface area contributed by atoms with Crippen LogP contribution in [-0.2, 0) is 11.3 Å². The highest BCUT2D eigenvalue weighted by Crippen LogP contribution is 2.29. The number of nitrogens with zero attached hydrogens (tertiary/aromatic N) is 2. The van der Waals surface area contributed by atoms with E-state index in [0.717, 1.165) is 31.2 Å². The molecule has 3 rings (SSSR count). The van der Waals surface area contributed by atoms with E-state index in [1.807, 2.05) is 30.3 Å². The lowest BCUT2D eigenvalue weighted by atomic mass is 9.96. The summed E-state index contributed by atoms with van der Waals surface area (Å²) in [6.45, 7) is 0.117. The number of nitrogens with one attached hydrogen (secondary N) is 1. The molecule has 0 atom stereocenters. The average molecular weight is 343 g/mol. The number of amides is 1. The molecule has 1 aliphatic carbocycles. The summed E-state index contributed by atoms with van der Waals surface area (Å²) < 4.78 is 6.80. The molecule has 0 aliphatic heterocycles. The minimum atomic E-state index is -1.17. The second-order valence-electron chi connectivity index (χ2n) is 6.16. The zero-order valence-electron chi connectivity index (χ0n) is 13.9. The number of carboxylic acid groups (broad SMARTS) is 1. The maximum Gasteiger partial charge on any atom is 0.412 e. The first-order valence-corrected chi connectivity index (χ1v) is 8.43. The summed E-state index contributed by atoms with van der Waals surface area (Å²) in [5.74, 6) is -1.17. The third-order valence-electron chi connectivity index (χ3n) is 4.33. The third-order valence-corrected chi connectivity index (χ3v) is 4.33. The van der Waals surface area contributed by atoms with E-state index < -0.39 is 12.1 Å². The zero-order valence-corrected chi connectivity index (χ0v) is 13.9. The Balaban J connectivity index is 1.66. The molecule has 7 heteroatoms. The van der Waals surface area contributed by atoms with Crippen LogP contribution in [-0.4, -0.2) is 26.9 Å². The molecular weight excluding hydrogens is 322 g/mol. The fourth-order valence-electron chi connectivity index (χ4n) is 3.04. The van der Waals surface area contributed by atoms with Gasteiger partial charge in [-0.05, 0) is 18.4 Å². The molecule has 1 heterocycles. The quantitative estimate of drug-likeness (QED) is 0.860. The molecule has 0 radical (unpaired) electrons. The van der Waals surface area contributed by atoms with Gasteiger partial charge in [0, 0.05) is 6.20 Å². The molecule has 7 nitrogen and oxygen atoms in total. The highest BCUT2D eigenvalue weighted by atomic mass is 16.5. The van der Waals surface area contributed by atoms with Gasteiger partial charge in [0.05, 0.1) is 11.7 Å². The van der Waals surface area contributed by atoms with E-state index in [0.29, 0.717) is 0 Å². The number of anilines is 1. The van der Waals surface area contributed by atoms with E-state index in [1.54, 1.807) is 10.9 Å². The van der Waals surface area contributed by atoms with Crippen LogP contribution in [0.25, 0.3) is 0 Å². The lowest BCUT2D eigenvalue weighted by molar-refractivity contribution is 0.0690. The van der Waals surface area contributed by atoms with Crippen molar-refractivity contribution >= 4 is 17.7 Å². The topological polar surface area (TPSA) is 93.5 Å². The fourth-order valence-corrected chi connectivity index (χ4v) is 3.04. The second kappa shape index (κ2) is 7.83. The lowest BCUT2D eigenvalue weighted by Crippen LogP contribution is -2.15. The molecule has 2 N–H and O–H groups in total. The number of aromatic carboxylic acids is 1. The molecule has 1 saturated carbocycles. The van der Waals surface area contributed by atoms with Crippen molar-refractivity contribution in [2.24, 2.45) is 0 Å². The first-order valence-electron chi connectivity index (χ1n) is 8.43. The molecule has 25 heavy (non-hydrogen) atoms. The first kappa shape index (κ1) is 17.0. The van der Waals surface area contributed by atoms with Gasteiger partial charge in [-0.15, -0.1) is 0 Å². The summed E-state index contributed by atoms with van der Waals surface area (Å²) in [5.41, 5.74) is 0.854. The maximum absolute atomic E-state index is 12.0. The summed E-state index contributed by atoms with van der Waals surface area (Å²) in [6.07, 6.45) is 6.24. The van der Waals surface area contributed by atoms with Crippen LogP contribution in [0.1, 0.15) is 54.2 Å². The molecule has 0 unspecified atom stereocenters. The van der Waals surface area contributed by atoms with Crippen molar-refractivity contribution in [1.82, 2.24) is 9.78 Å². The first-order chi connectivity index (χ1) is 12.1. The highest BCUT2D eigenvalue weighted by Gasteiger charge is 2.23. The standard InChI is InChI=1S/C18H21N3O4/c22-17(23)16-15(11-21(20-16)14-9-5-2-6-10-14)19-18(24)25-12-13-7-3-1-4-8-13/h1,3-4,7-8,11,14H,2,5-6,9-10,12H2,(H,19,24)(H,22,23). The minimum absolute atomic E-state index is 0.117. The van der Waals surface area contributed by atoms with Crippen LogP contribution in [0.2, 0.25) is 0 Å². The third kappa shape index (κ3) is 4.37. The van der Waals surface area contributed by atoms with Crippen molar-refractivity contribution in [3.63, 3.8) is 0 Å². The molecule has 1 aromatic carbocycles. The Morgan fingerprint density at radius 3 is 2.60 bits per heavy atom. The number of rotatable bonds is 5. The molecule has 0 spiro atoms. The van der Waals surface area contributed by atoms with Gasteiger partial charge in [-0.3, -0.25) is 10.00 Å². The number of carboxylic acids is 1. The fraction of sp³-hybridized carbons (Fsp3) is 0.389. The Labute approximate surface area is 145 Å². The molecule has 132 valence electrons. The number of hydrogen-bond acceptors (Lipinski definition) is 4. The van der Waals surface area contributed by atoms with Gasteiger partial charge in [0.2, 0.25) is 0 Å². The molecule has 0 bridgehead atoms. The lowest BCUT2D eigenvalue weighted by Gasteiger charge is -2.21. The Morgan fingerprint density at radius 2 is 1.92 bits per heavy atom. The summed E-state index contributed by atoms with van der Waals surface area (Å²) >= 11 is 0. The van der Waals surface area contributed by atoms with Crippen LogP contribution in [0.5, 0.6) is 0 Å². The Morgan fingerprint density at radius 1 is 1.20 bits per heavy atom. The van der Waals surface area contributed by atoms with Crippen molar-refractivity contribution < 1.29 is 19.4 Å². The van der Waals surface area contributed by atoms with Crippen LogP contribution in [0.4, 0.5) is 10.5 Å². The average Bonchev–Trinajstić information content (AvgIpc) is 3.06. The van der Waals surface area contributed by atoms with Crippen molar-refractivity contribution in [1.29, 1.82) is 0 Å². The van der Waals surface area contributed by atoms with Gasteiger partial charge in [-0.2, -0.15) is 5.10 Å². The zero-order chi connectivity index (χ0) is 17.6. The molecule has 1 aromatic heterocycles. The van der Waals surface area contributed by atoms with Gasteiger partial charge >= 0.3 is 12.1 Å². The summed E-state index contributed by atoms with van der Waals surface area (Å²) in [7, 11) is 0. The van der Waals surface area contributed by atoms with E-state index in [4.69, 9.17) is 4.74 Å². The smallest absolute Gasteiger partial charge is 0.412 e. The van der Waals surface area contributed by atoms with Crippen LogP contribution in [0.15, 0.2) is 36.5 Å². The van der Waals surface area contributed by atoms with E-state index >= 15 is 0 Å². The summed E-state index contributed by atoms with van der Waals surface area (Å²) in [4.78, 5) is 23.4. The van der Waals surface area contributed by atoms with Gasteiger partial charge in [-0.1, -0.05) is 49.6 Å². The summed E-state index contributed by atoms with van der Waals surface area (Å²) in [5, 5.41) is 16.0. The Kier molecular flexibility index (Phi) is 5.33. The summed E-state index contributed by atoms with van der Waals surface area (Å²) in [6, 6.07) is 9.46. The number of hydrogen-bond donors (Lipinski definition) is 2. The van der Waals surface area contributed by atoms with Crippen molar-refractivity contribution in [2.45, 2.75) is 44.8 Å². The largest absolute Gasteiger partial charge is 0.476 e. The van der Waals surface area contributed by atoms with Gasteiger partial charge < -0.3 is 9.84 Å². The Hall–Kier alpha value is -2.83. The van der Waals surface area contributed by atoms with Crippen molar-refractivity contribution in [3.05, 3.63) is 47.8 Å². The number of carbonyl (C=O) groups is 2. The van der Waals surface area contributed by atoms with E-state index in [-0.39, 0.29) is 24.0 Å². The number of ether oxygens (including phenoxy) is 1. The van der Waals surface area contributed by atoms with Crippen LogP contribution >= 0.6 is 0 Å². The van der Waals surface area contributed by atoms with Gasteiger partial charge in [0.15, 0.2) is 5.69 Å². The number of aromatic nitrogens is 2. The SMILES string of the molecule is O=C(Nc1cn(C2CCCCC2)nc1C(=O)O)OCc1ccccc1. The van der Waals surface area contributed by atoms with Crippen LogP contribution in [0.3, 0.4) is 0 Å². The van der Waals surface area contributed by atoms with E-state index in [2.05, 4.69) is 10.4 Å². The maximum atomic E-state index is 12.0. The van der Waals surface area contributed by atoms with Gasteiger partial charge in [-0.25, -0.2) is 9.59 Å². The predicted molar refractivity (Wildman–Crippen MR) is 91.6 cm³/mol. The van der Waals surface area contributed by atoms with E-state index in [1.165, 1.54) is 6.42 Å². The van der Waals surface area contributed by atoms with Gasteiger partial charge in [0.25, 0.3) is 0 Å². The van der Waals surface area contributed by atoms with Gasteiger partial charge in [0.1, 0.15) is 6.61 Å². The van der Waals surface area contributed by atoms with Crippen LogP contribution < -0.4 is 5.32 Å². The normalized spacial score (nSPS) is 14.9. The van der Waals surface area contributed by atoms with Crippen molar-refractivity contribution in [3.8, 4) is 0 Å². The van der Waals surface area contributed by atoms with Crippen molar-refractivity contribution in [2.75, 3.05) is 5.32 Å². The molecule has 2 aromatic rings. The molecule has 1 fully saturated rings. The Bertz CT molecular complexity index is 736. The monoisotopic (exact) mass is 343 g/mol. The molecule has 1 amide bonds. The molecule has 0 saturated heterocycles. The predicted octanol–water partition coefficient (Wildman–Crippen LogP) is 3.84. The highest BCUT2D eigenvalue weighted by molar-refractivity contribution is 5.96. The minimum Gasteiger partial charge on any atom is -0.476 e. The van der Waals surface area contributed by atoms with E-state index in [9.17, 15) is 14.7 Å². The van der Waals surface area contributed by atoms with Crippen LogP contribution in [0, 0.1) is 0 Å². The molecular formula is C18H21N3O4. The number of benzene rings is 1. The number of carbonyl (C=O) groups excluding carboxylic acids is 1. The molecule has 1 aliphatic rings.